The lowest BCUT2D eigenvalue weighted by Gasteiger charge is -2.39. The molecule has 0 spiro atoms. The van der Waals surface area contributed by atoms with Gasteiger partial charge in [0.05, 0.1) is 56.0 Å². The Bertz CT molecular complexity index is 1870. The molecule has 14 heteroatoms. The van der Waals surface area contributed by atoms with Crippen LogP contribution < -0.4 is 35.6 Å². The molecule has 2 aliphatic rings. The number of amides is 3. The van der Waals surface area contributed by atoms with Crippen molar-refractivity contribution in [2.75, 3.05) is 62.2 Å². The van der Waals surface area contributed by atoms with E-state index in [1.54, 1.807) is 35.0 Å². The summed E-state index contributed by atoms with van der Waals surface area (Å²) >= 11 is 0. The van der Waals surface area contributed by atoms with E-state index in [1.807, 2.05) is 0 Å². The molecule has 0 radical (unpaired) electrons. The van der Waals surface area contributed by atoms with E-state index in [1.165, 1.54) is 66.3 Å². The van der Waals surface area contributed by atoms with E-state index in [9.17, 15) is 23.2 Å². The molecule has 2 fully saturated rings. The molecule has 48 heavy (non-hydrogen) atoms. The first-order chi connectivity index (χ1) is 23.2. The third kappa shape index (κ3) is 6.47. The summed E-state index contributed by atoms with van der Waals surface area (Å²) < 4.78 is 40.6. The van der Waals surface area contributed by atoms with Gasteiger partial charge in [-0.15, -0.1) is 0 Å². The molecule has 2 aliphatic heterocycles. The molecule has 1 unspecified atom stereocenters. The van der Waals surface area contributed by atoms with Crippen molar-refractivity contribution in [2.45, 2.75) is 31.8 Å². The van der Waals surface area contributed by atoms with Gasteiger partial charge in [0.2, 0.25) is 5.91 Å². The van der Waals surface area contributed by atoms with Crippen molar-refractivity contribution in [3.63, 3.8) is 0 Å². The van der Waals surface area contributed by atoms with Crippen molar-refractivity contribution >= 4 is 34.2 Å². The Balaban J connectivity index is 1.44. The molecule has 6 rings (SSSR count). The largest absolute Gasteiger partial charge is 0.497 e. The number of halogens is 2. The normalized spacial score (nSPS) is 16.9. The lowest BCUT2D eigenvalue weighted by atomic mass is 10.1. The Morgan fingerprint density at radius 2 is 1.71 bits per heavy atom. The number of carbonyl (C=O) groups is 2. The molecule has 2 N–H and O–H groups in total. The van der Waals surface area contributed by atoms with Gasteiger partial charge >= 0.3 is 6.03 Å². The first-order valence-corrected chi connectivity index (χ1v) is 15.8. The number of anilines is 2. The summed E-state index contributed by atoms with van der Waals surface area (Å²) in [5.41, 5.74) is 0.332. The zero-order chi connectivity index (χ0) is 33.9. The number of piperazine rings is 1. The number of fused-ring (bicyclic) bond motifs is 1. The van der Waals surface area contributed by atoms with Gasteiger partial charge in [0.1, 0.15) is 23.1 Å². The van der Waals surface area contributed by atoms with Crippen LogP contribution in [0.3, 0.4) is 0 Å². The van der Waals surface area contributed by atoms with Crippen LogP contribution >= 0.6 is 0 Å². The second-order valence-corrected chi connectivity index (χ2v) is 11.7. The van der Waals surface area contributed by atoms with Gasteiger partial charge in [-0.2, -0.15) is 0 Å². The lowest BCUT2D eigenvalue weighted by Crippen LogP contribution is -2.58. The lowest BCUT2D eigenvalue weighted by molar-refractivity contribution is -0.133. The molecule has 2 saturated heterocycles. The van der Waals surface area contributed by atoms with Crippen molar-refractivity contribution in [3.8, 4) is 11.5 Å². The maximum atomic E-state index is 14.5. The van der Waals surface area contributed by atoms with Gasteiger partial charge in [-0.05, 0) is 74.8 Å². The van der Waals surface area contributed by atoms with Crippen LogP contribution in [-0.2, 0) is 4.79 Å². The molecule has 0 aliphatic carbocycles. The van der Waals surface area contributed by atoms with Crippen LogP contribution in [0.25, 0.3) is 10.9 Å². The number of carbonyl (C=O) groups excluding carboxylic acids is 2. The SMILES string of the molecule is COc1ccc(N(C(=O)Nc2ccc(F)cc2)C(C)c2nc3cc(F)ccc3c(=O)n2N2CCN(C(=O)[C@@H]3CCCN3)CC2)c(OC)c1. The molecule has 1 aromatic heterocycles. The molecule has 4 aromatic rings. The Labute approximate surface area is 275 Å². The quantitative estimate of drug-likeness (QED) is 0.291. The van der Waals surface area contributed by atoms with E-state index in [2.05, 4.69) is 10.6 Å². The monoisotopic (exact) mass is 661 g/mol. The van der Waals surface area contributed by atoms with Gasteiger partial charge in [0, 0.05) is 30.9 Å². The van der Waals surface area contributed by atoms with Crippen LogP contribution in [0.1, 0.15) is 31.6 Å². The first kappa shape index (κ1) is 32.7. The Hall–Kier alpha value is -5.24. The molecule has 3 heterocycles. The number of methoxy groups -OCH3 is 2. The van der Waals surface area contributed by atoms with Crippen molar-refractivity contribution < 1.29 is 27.8 Å². The van der Waals surface area contributed by atoms with E-state index >= 15 is 0 Å². The predicted molar refractivity (Wildman–Crippen MR) is 177 cm³/mol. The fraction of sp³-hybridized carbons (Fsp3) is 0.353. The number of urea groups is 1. The van der Waals surface area contributed by atoms with E-state index in [0.29, 0.717) is 49.1 Å². The van der Waals surface area contributed by atoms with Gasteiger partial charge in [0.15, 0.2) is 5.82 Å². The summed E-state index contributed by atoms with van der Waals surface area (Å²) in [6.07, 6.45) is 1.73. The fourth-order valence-electron chi connectivity index (χ4n) is 6.25. The highest BCUT2D eigenvalue weighted by molar-refractivity contribution is 6.03. The molecule has 252 valence electrons. The van der Waals surface area contributed by atoms with Crippen LogP contribution in [-0.4, -0.2) is 79.5 Å². The maximum Gasteiger partial charge on any atom is 0.327 e. The maximum absolute atomic E-state index is 14.5. The average Bonchev–Trinajstić information content (AvgIpc) is 3.64. The number of nitrogens with zero attached hydrogens (tertiary/aromatic N) is 5. The molecule has 12 nitrogen and oxygen atoms in total. The minimum Gasteiger partial charge on any atom is -0.497 e. The summed E-state index contributed by atoms with van der Waals surface area (Å²) in [6.45, 7) is 3.89. The zero-order valence-electron chi connectivity index (χ0n) is 26.9. The Kier molecular flexibility index (Phi) is 9.44. The van der Waals surface area contributed by atoms with Gasteiger partial charge in [-0.3, -0.25) is 14.5 Å². The predicted octanol–water partition coefficient (Wildman–Crippen LogP) is 4.02. The molecule has 3 amide bonds. The number of ether oxygens (including phenoxy) is 2. The smallest absolute Gasteiger partial charge is 0.327 e. The van der Waals surface area contributed by atoms with Gasteiger partial charge < -0.3 is 30.0 Å². The number of benzene rings is 3. The summed E-state index contributed by atoms with van der Waals surface area (Å²) in [7, 11) is 2.96. The van der Waals surface area contributed by atoms with Gasteiger partial charge in [-0.1, -0.05) is 0 Å². The minimum absolute atomic E-state index is 0.0374. The molecule has 3 aromatic carbocycles. The van der Waals surface area contributed by atoms with E-state index in [0.717, 1.165) is 19.4 Å². The summed E-state index contributed by atoms with van der Waals surface area (Å²) in [6, 6.07) is 12.2. The minimum atomic E-state index is -0.949. The van der Waals surface area contributed by atoms with Crippen molar-refractivity contribution in [1.82, 2.24) is 19.9 Å². The van der Waals surface area contributed by atoms with E-state index in [4.69, 9.17) is 14.5 Å². The number of aromatic nitrogens is 2. The average molecular weight is 662 g/mol. The van der Waals surface area contributed by atoms with Gasteiger partial charge in [-0.25, -0.2) is 23.2 Å². The number of rotatable bonds is 8. The van der Waals surface area contributed by atoms with Crippen LogP contribution in [0.15, 0.2) is 65.5 Å². The summed E-state index contributed by atoms with van der Waals surface area (Å²) in [4.78, 5) is 49.5. The topological polar surface area (TPSA) is 121 Å². The highest BCUT2D eigenvalue weighted by atomic mass is 19.1. The zero-order valence-corrected chi connectivity index (χ0v) is 26.9. The molecular weight excluding hydrogens is 624 g/mol. The molecular formula is C34H37F2N7O5. The second kappa shape index (κ2) is 13.9. The van der Waals surface area contributed by atoms with Crippen LogP contribution in [0.4, 0.5) is 25.0 Å². The van der Waals surface area contributed by atoms with E-state index in [-0.39, 0.29) is 28.7 Å². The molecule has 0 saturated carbocycles. The second-order valence-electron chi connectivity index (χ2n) is 11.7. The Morgan fingerprint density at radius 3 is 2.38 bits per heavy atom. The standard InChI is InChI=1S/C34H37F2N7O5/c1-21(42(29-13-11-25(47-2)20-30(29)48-3)34(46)38-24-9-6-22(35)7-10-24)31-39-28-19-23(36)8-12-26(28)32(44)43(31)41-17-15-40(16-18-41)33(45)27-5-4-14-37-27/h6-13,19-21,27,37H,4-5,14-18H2,1-3H3,(H,38,46)/t21?,27-/m0/s1. The van der Waals surface area contributed by atoms with Crippen molar-refractivity contribution in [3.05, 3.63) is 88.5 Å². The van der Waals surface area contributed by atoms with Crippen molar-refractivity contribution in [1.29, 1.82) is 0 Å². The number of hydrogen-bond donors (Lipinski definition) is 2. The molecule has 0 bridgehead atoms. The fourth-order valence-corrected chi connectivity index (χ4v) is 6.25. The number of hydrogen-bond acceptors (Lipinski definition) is 8. The third-order valence-corrected chi connectivity index (χ3v) is 8.77. The third-order valence-electron chi connectivity index (χ3n) is 8.77. The molecule has 2 atom stereocenters. The highest BCUT2D eigenvalue weighted by Crippen LogP contribution is 2.37. The highest BCUT2D eigenvalue weighted by Gasteiger charge is 2.34. The van der Waals surface area contributed by atoms with E-state index < -0.39 is 29.3 Å². The first-order valence-electron chi connectivity index (χ1n) is 15.8. The van der Waals surface area contributed by atoms with Crippen LogP contribution in [0.5, 0.6) is 11.5 Å². The van der Waals surface area contributed by atoms with Gasteiger partial charge in [0.25, 0.3) is 5.56 Å². The summed E-state index contributed by atoms with van der Waals surface area (Å²) in [5.74, 6) is -0.0607. The Morgan fingerprint density at radius 1 is 0.979 bits per heavy atom. The summed E-state index contributed by atoms with van der Waals surface area (Å²) in [5, 5.41) is 8.05. The van der Waals surface area contributed by atoms with Crippen LogP contribution in [0, 0.1) is 11.6 Å². The van der Waals surface area contributed by atoms with Crippen LogP contribution in [0.2, 0.25) is 0 Å². The number of nitrogens with one attached hydrogen (secondary N) is 2. The van der Waals surface area contributed by atoms with Crippen molar-refractivity contribution in [2.24, 2.45) is 0 Å².